The van der Waals surface area contributed by atoms with Crippen molar-refractivity contribution in [2.24, 2.45) is 0 Å². The summed E-state index contributed by atoms with van der Waals surface area (Å²) in [7, 11) is -4.60. The quantitative estimate of drug-likeness (QED) is 0.0202. The van der Waals surface area contributed by atoms with Gasteiger partial charge in [-0.3, -0.25) is 14.1 Å². The monoisotopic (exact) mass is 833 g/mol. The summed E-state index contributed by atoms with van der Waals surface area (Å²) in [6.07, 6.45) is 27.9. The average molecular weight is 833 g/mol. The van der Waals surface area contributed by atoms with Crippen molar-refractivity contribution in [2.45, 2.75) is 224 Å². The van der Waals surface area contributed by atoms with E-state index < -0.39 is 71.2 Å². The van der Waals surface area contributed by atoms with E-state index in [0.29, 0.717) is 12.8 Å². The van der Waals surface area contributed by atoms with Gasteiger partial charge >= 0.3 is 11.9 Å². The molecule has 0 aromatic carbocycles. The van der Waals surface area contributed by atoms with Gasteiger partial charge in [-0.15, -0.1) is 0 Å². The number of hydrogen-bond acceptors (Lipinski definition) is 11. The molecule has 0 radical (unpaired) electrons. The highest BCUT2D eigenvalue weighted by molar-refractivity contribution is 7.85. The summed E-state index contributed by atoms with van der Waals surface area (Å²) in [5, 5.41) is 30.8. The van der Waals surface area contributed by atoms with E-state index in [1.54, 1.807) is 0 Å². The largest absolute Gasteiger partial charge is 0.462 e. The second kappa shape index (κ2) is 34.9. The second-order valence-electron chi connectivity index (χ2n) is 15.7. The summed E-state index contributed by atoms with van der Waals surface area (Å²) < 4.78 is 54.0. The molecule has 13 heteroatoms. The third kappa shape index (κ3) is 29.9. The number of hydrogen-bond donors (Lipinski definition) is 4. The lowest BCUT2D eigenvalue weighted by molar-refractivity contribution is -0.297. The highest BCUT2D eigenvalue weighted by Gasteiger charge is 2.46. The topological polar surface area (TPSA) is 186 Å². The van der Waals surface area contributed by atoms with Crippen molar-refractivity contribution in [1.29, 1.82) is 0 Å². The third-order valence-corrected chi connectivity index (χ3v) is 11.0. The first kappa shape index (κ1) is 53.1. The van der Waals surface area contributed by atoms with Crippen LogP contribution in [0.2, 0.25) is 0 Å². The fraction of sp³-hybridized carbons (Fsp3) is 0.864. The minimum absolute atomic E-state index is 0.155. The van der Waals surface area contributed by atoms with Crippen molar-refractivity contribution in [3.8, 4) is 0 Å². The van der Waals surface area contributed by atoms with Gasteiger partial charge in [-0.25, -0.2) is 0 Å². The number of allylic oxidation sites excluding steroid dienone is 4. The van der Waals surface area contributed by atoms with E-state index in [0.717, 1.165) is 64.2 Å². The van der Waals surface area contributed by atoms with E-state index in [1.165, 1.54) is 83.5 Å². The Labute approximate surface area is 345 Å². The van der Waals surface area contributed by atoms with Gasteiger partial charge in [0.1, 0.15) is 36.8 Å². The van der Waals surface area contributed by atoms with Gasteiger partial charge in [-0.05, 0) is 64.2 Å². The zero-order valence-corrected chi connectivity index (χ0v) is 36.3. The lowest BCUT2D eigenvalue weighted by Crippen LogP contribution is -2.60. The lowest BCUT2D eigenvalue weighted by atomic mass is 10.00. The Hall–Kier alpha value is -1.87. The van der Waals surface area contributed by atoms with Gasteiger partial charge in [0.15, 0.2) is 12.4 Å². The van der Waals surface area contributed by atoms with Crippen LogP contribution in [-0.4, -0.2) is 96.0 Å². The molecule has 0 aliphatic carbocycles. The van der Waals surface area contributed by atoms with Crippen LogP contribution in [0, 0.1) is 0 Å². The van der Waals surface area contributed by atoms with Crippen LogP contribution in [0.5, 0.6) is 0 Å². The zero-order chi connectivity index (χ0) is 42.0. The molecule has 2 unspecified atom stereocenters. The van der Waals surface area contributed by atoms with Crippen LogP contribution in [0.1, 0.15) is 187 Å². The van der Waals surface area contributed by atoms with E-state index in [-0.39, 0.29) is 19.4 Å². The number of esters is 2. The summed E-state index contributed by atoms with van der Waals surface area (Å²) >= 11 is 0. The van der Waals surface area contributed by atoms with E-state index in [4.69, 9.17) is 18.9 Å². The van der Waals surface area contributed by atoms with Gasteiger partial charge in [0.05, 0.1) is 6.61 Å². The minimum atomic E-state index is -4.60. The first-order valence-electron chi connectivity index (χ1n) is 22.4. The molecule has 6 atom stereocenters. The van der Waals surface area contributed by atoms with E-state index >= 15 is 0 Å². The lowest BCUT2D eigenvalue weighted by Gasteiger charge is -2.40. The SMILES string of the molecule is CCCCCC/C=C/CCCCCCCCCC(=O)OC[C@H](CO[C@H]1O[C@H](CS(=O)(=O)O)[C@@H](O)C(O)C1O)OC(=O)CCCCCCC/C=C/CCCCCCC. The predicted molar refractivity (Wildman–Crippen MR) is 224 cm³/mol. The van der Waals surface area contributed by atoms with Gasteiger partial charge < -0.3 is 34.3 Å². The molecule has 1 aliphatic heterocycles. The van der Waals surface area contributed by atoms with Gasteiger partial charge in [0, 0.05) is 12.8 Å². The maximum atomic E-state index is 12.8. The van der Waals surface area contributed by atoms with Crippen molar-refractivity contribution in [1.82, 2.24) is 0 Å². The Bertz CT molecular complexity index is 1160. The van der Waals surface area contributed by atoms with Crippen LogP contribution >= 0.6 is 0 Å². The molecule has 1 aliphatic rings. The molecule has 12 nitrogen and oxygen atoms in total. The van der Waals surface area contributed by atoms with E-state index in [1.807, 2.05) is 0 Å². The van der Waals surface area contributed by atoms with Crippen molar-refractivity contribution < 1.29 is 56.8 Å². The first-order chi connectivity index (χ1) is 27.5. The summed E-state index contributed by atoms with van der Waals surface area (Å²) in [4.78, 5) is 25.4. The Balaban J connectivity index is 2.46. The van der Waals surface area contributed by atoms with Crippen molar-refractivity contribution in [2.75, 3.05) is 19.0 Å². The number of ether oxygens (including phenoxy) is 4. The number of carbonyl (C=O) groups is 2. The molecule has 334 valence electrons. The van der Waals surface area contributed by atoms with Crippen LogP contribution in [0.25, 0.3) is 0 Å². The first-order valence-corrected chi connectivity index (χ1v) is 24.0. The van der Waals surface area contributed by atoms with Crippen LogP contribution < -0.4 is 0 Å². The molecule has 1 fully saturated rings. The second-order valence-corrected chi connectivity index (χ2v) is 17.2. The van der Waals surface area contributed by atoms with Crippen molar-refractivity contribution in [3.63, 3.8) is 0 Å². The highest BCUT2D eigenvalue weighted by atomic mass is 32.2. The fourth-order valence-electron chi connectivity index (χ4n) is 6.72. The fourth-order valence-corrected chi connectivity index (χ4v) is 7.42. The predicted octanol–water partition coefficient (Wildman–Crippen LogP) is 8.84. The van der Waals surface area contributed by atoms with Gasteiger partial charge in [0.2, 0.25) is 0 Å². The molecule has 57 heavy (non-hydrogen) atoms. The number of rotatable bonds is 37. The third-order valence-electron chi connectivity index (χ3n) is 10.3. The average Bonchev–Trinajstić information content (AvgIpc) is 3.17. The molecule has 0 aromatic heterocycles. The van der Waals surface area contributed by atoms with E-state index in [9.17, 15) is 37.9 Å². The molecular weight excluding hydrogens is 753 g/mol. The maximum absolute atomic E-state index is 12.8. The standard InChI is InChI=1S/C44H80O12S/c1-3-5-7-9-11-13-15-17-19-21-22-24-26-28-30-32-39(45)53-34-37(35-54-44-43(49)42(48)41(47)38(56-44)36-57(50,51)52)55-40(46)33-31-29-27-25-23-20-18-16-14-12-10-8-6-4-2/h13,15-16,18,37-38,41-44,47-49H,3-12,14,17,19-36H2,1-2H3,(H,50,51,52)/b15-13+,18-16+/t37-,38-,41-,42?,43?,44+/m1/s1. The maximum Gasteiger partial charge on any atom is 0.306 e. The molecule has 0 saturated carbocycles. The normalized spacial score (nSPS) is 20.7. The van der Waals surface area contributed by atoms with Crippen molar-refractivity contribution >= 4 is 22.1 Å². The van der Waals surface area contributed by atoms with Crippen LogP contribution in [0.3, 0.4) is 0 Å². The summed E-state index contributed by atoms with van der Waals surface area (Å²) in [5.41, 5.74) is 0. The van der Waals surface area contributed by atoms with Gasteiger partial charge in [-0.2, -0.15) is 8.42 Å². The van der Waals surface area contributed by atoms with Crippen LogP contribution in [0.15, 0.2) is 24.3 Å². The number of aliphatic hydroxyl groups excluding tert-OH is 3. The van der Waals surface area contributed by atoms with Gasteiger partial charge in [0.25, 0.3) is 10.1 Å². The molecule has 4 N–H and O–H groups in total. The summed E-state index contributed by atoms with van der Waals surface area (Å²) in [6, 6.07) is 0. The molecule has 0 amide bonds. The number of unbranched alkanes of at least 4 members (excludes halogenated alkanes) is 21. The zero-order valence-electron chi connectivity index (χ0n) is 35.4. The number of carbonyl (C=O) groups excluding carboxylic acids is 2. The van der Waals surface area contributed by atoms with Crippen LogP contribution in [0.4, 0.5) is 0 Å². The summed E-state index contributed by atoms with van der Waals surface area (Å²) in [5.74, 6) is -1.99. The Kier molecular flexibility index (Phi) is 32.6. The number of aliphatic hydroxyl groups is 3. The molecule has 0 spiro atoms. The molecule has 0 bridgehead atoms. The Morgan fingerprint density at radius 3 is 1.47 bits per heavy atom. The minimum Gasteiger partial charge on any atom is -0.462 e. The summed E-state index contributed by atoms with van der Waals surface area (Å²) in [6.45, 7) is 3.72. The smallest absolute Gasteiger partial charge is 0.306 e. The molecule has 1 heterocycles. The molecular formula is C44H80O12S. The highest BCUT2D eigenvalue weighted by Crippen LogP contribution is 2.24. The van der Waals surface area contributed by atoms with E-state index in [2.05, 4.69) is 38.2 Å². The molecule has 1 rings (SSSR count). The molecule has 1 saturated heterocycles. The van der Waals surface area contributed by atoms with Crippen molar-refractivity contribution in [3.05, 3.63) is 24.3 Å². The van der Waals surface area contributed by atoms with Gasteiger partial charge in [-0.1, -0.05) is 134 Å². The Morgan fingerprint density at radius 2 is 1.00 bits per heavy atom. The Morgan fingerprint density at radius 1 is 0.579 bits per heavy atom. The molecule has 0 aromatic rings. The van der Waals surface area contributed by atoms with Crippen LogP contribution in [-0.2, 0) is 38.7 Å².